The smallest absolute Gasteiger partial charge is 0.328 e. The second kappa shape index (κ2) is 8.11. The van der Waals surface area contributed by atoms with Crippen LogP contribution in [0.5, 0.6) is 0 Å². The topological polar surface area (TPSA) is 114 Å². The molecule has 144 valence electrons. The molecule has 3 rings (SSSR count). The fraction of sp³-hybridized carbons (Fsp3) is 0.421. The molecule has 2 aliphatic heterocycles. The van der Waals surface area contributed by atoms with E-state index in [0.717, 1.165) is 24.4 Å². The first-order chi connectivity index (χ1) is 12.9. The van der Waals surface area contributed by atoms with Gasteiger partial charge in [0, 0.05) is 56.6 Å². The lowest BCUT2D eigenvalue weighted by Gasteiger charge is -2.39. The minimum Gasteiger partial charge on any atom is -0.478 e. The summed E-state index contributed by atoms with van der Waals surface area (Å²) in [5.74, 6) is -0.864. The van der Waals surface area contributed by atoms with Crippen molar-refractivity contribution in [3.8, 4) is 0 Å². The van der Waals surface area contributed by atoms with Gasteiger partial charge in [0.05, 0.1) is 0 Å². The SMILES string of the molecule is N=C(N)c1ccc(N2CCN(C(=O)N3CCC(=CC(=O)O)CC3)CC2)cc1. The Balaban J connectivity index is 1.51. The molecule has 4 N–H and O–H groups in total. The summed E-state index contributed by atoms with van der Waals surface area (Å²) in [6.07, 6.45) is 2.51. The first-order valence-corrected chi connectivity index (χ1v) is 9.09. The van der Waals surface area contributed by atoms with Crippen molar-refractivity contribution in [1.82, 2.24) is 9.80 Å². The zero-order valence-electron chi connectivity index (χ0n) is 15.2. The highest BCUT2D eigenvalue weighted by Crippen LogP contribution is 2.20. The highest BCUT2D eigenvalue weighted by atomic mass is 16.4. The Kier molecular flexibility index (Phi) is 5.63. The van der Waals surface area contributed by atoms with Gasteiger partial charge in [0.15, 0.2) is 0 Å². The number of nitrogens with two attached hydrogens (primary N) is 1. The van der Waals surface area contributed by atoms with E-state index >= 15 is 0 Å². The van der Waals surface area contributed by atoms with Crippen molar-refractivity contribution >= 4 is 23.5 Å². The van der Waals surface area contributed by atoms with Crippen molar-refractivity contribution in [3.63, 3.8) is 0 Å². The first kappa shape index (κ1) is 18.8. The van der Waals surface area contributed by atoms with Gasteiger partial charge in [-0.15, -0.1) is 0 Å². The van der Waals surface area contributed by atoms with Gasteiger partial charge >= 0.3 is 12.0 Å². The standard InChI is InChI=1S/C19H25N5O3/c20-18(21)15-1-3-16(4-2-15)22-9-11-24(12-10-22)19(27)23-7-5-14(6-8-23)13-17(25)26/h1-4,13H,5-12H2,(H3,20,21)(H,25,26). The Morgan fingerprint density at radius 3 is 2.04 bits per heavy atom. The number of aliphatic carboxylic acids is 1. The number of nitrogens with zero attached hydrogens (tertiary/aromatic N) is 3. The molecule has 8 nitrogen and oxygen atoms in total. The Labute approximate surface area is 158 Å². The number of hydrogen-bond donors (Lipinski definition) is 3. The third kappa shape index (κ3) is 4.58. The molecular formula is C19H25N5O3. The number of nitrogen functional groups attached to an aromatic ring is 1. The zero-order valence-corrected chi connectivity index (χ0v) is 15.2. The van der Waals surface area contributed by atoms with Gasteiger partial charge < -0.3 is 25.5 Å². The van der Waals surface area contributed by atoms with Crippen LogP contribution in [0.25, 0.3) is 0 Å². The predicted octanol–water partition coefficient (Wildman–Crippen LogP) is 1.32. The van der Waals surface area contributed by atoms with Gasteiger partial charge in [-0.05, 0) is 37.1 Å². The highest BCUT2D eigenvalue weighted by molar-refractivity contribution is 5.95. The monoisotopic (exact) mass is 371 g/mol. The Morgan fingerprint density at radius 2 is 1.52 bits per heavy atom. The van der Waals surface area contributed by atoms with E-state index in [1.54, 1.807) is 0 Å². The van der Waals surface area contributed by atoms with Crippen molar-refractivity contribution in [2.75, 3.05) is 44.2 Å². The van der Waals surface area contributed by atoms with Crippen LogP contribution in [0, 0.1) is 5.41 Å². The number of benzene rings is 1. The van der Waals surface area contributed by atoms with E-state index in [-0.39, 0.29) is 11.9 Å². The highest BCUT2D eigenvalue weighted by Gasteiger charge is 2.27. The van der Waals surface area contributed by atoms with Crippen LogP contribution in [0.1, 0.15) is 18.4 Å². The number of likely N-dealkylation sites (tertiary alicyclic amines) is 1. The summed E-state index contributed by atoms with van der Waals surface area (Å²) in [6, 6.07) is 7.62. The zero-order chi connectivity index (χ0) is 19.4. The van der Waals surface area contributed by atoms with Crippen molar-refractivity contribution in [2.24, 2.45) is 5.73 Å². The number of rotatable bonds is 3. The number of carbonyl (C=O) groups is 2. The second-order valence-electron chi connectivity index (χ2n) is 6.85. The number of carboxylic acid groups (broad SMARTS) is 1. The lowest BCUT2D eigenvalue weighted by Crippen LogP contribution is -2.53. The van der Waals surface area contributed by atoms with E-state index in [9.17, 15) is 9.59 Å². The second-order valence-corrected chi connectivity index (χ2v) is 6.85. The summed E-state index contributed by atoms with van der Waals surface area (Å²) < 4.78 is 0. The first-order valence-electron chi connectivity index (χ1n) is 9.09. The molecule has 2 fully saturated rings. The molecule has 0 unspecified atom stereocenters. The number of amides is 2. The number of piperidine rings is 1. The van der Waals surface area contributed by atoms with Crippen LogP contribution < -0.4 is 10.6 Å². The van der Waals surface area contributed by atoms with Crippen LogP contribution in [0.15, 0.2) is 35.9 Å². The Morgan fingerprint density at radius 1 is 0.963 bits per heavy atom. The Bertz CT molecular complexity index is 741. The maximum Gasteiger partial charge on any atom is 0.328 e. The number of urea groups is 1. The van der Waals surface area contributed by atoms with Gasteiger partial charge in [0.25, 0.3) is 0 Å². The summed E-state index contributed by atoms with van der Waals surface area (Å²) in [5, 5.41) is 16.3. The number of anilines is 1. The van der Waals surface area contributed by atoms with E-state index < -0.39 is 5.97 Å². The van der Waals surface area contributed by atoms with Crippen molar-refractivity contribution in [2.45, 2.75) is 12.8 Å². The van der Waals surface area contributed by atoms with Crippen LogP contribution in [-0.4, -0.2) is 72.0 Å². The van der Waals surface area contributed by atoms with Gasteiger partial charge in [-0.25, -0.2) is 9.59 Å². The third-order valence-corrected chi connectivity index (χ3v) is 5.10. The van der Waals surface area contributed by atoms with Crippen molar-refractivity contribution in [3.05, 3.63) is 41.5 Å². The largest absolute Gasteiger partial charge is 0.478 e. The van der Waals surface area contributed by atoms with Gasteiger partial charge in [-0.3, -0.25) is 5.41 Å². The van der Waals surface area contributed by atoms with Crippen LogP contribution in [0.4, 0.5) is 10.5 Å². The third-order valence-electron chi connectivity index (χ3n) is 5.10. The molecule has 0 spiro atoms. The molecule has 8 heteroatoms. The van der Waals surface area contributed by atoms with Crippen LogP contribution in [0.2, 0.25) is 0 Å². The summed E-state index contributed by atoms with van der Waals surface area (Å²) in [6.45, 7) is 3.96. The summed E-state index contributed by atoms with van der Waals surface area (Å²) in [4.78, 5) is 29.4. The number of amidine groups is 1. The quantitative estimate of drug-likeness (QED) is 0.421. The summed E-state index contributed by atoms with van der Waals surface area (Å²) in [7, 11) is 0. The van der Waals surface area contributed by atoms with Crippen molar-refractivity contribution < 1.29 is 14.7 Å². The molecule has 0 atom stereocenters. The maximum atomic E-state index is 12.7. The average molecular weight is 371 g/mol. The van der Waals surface area contributed by atoms with Gasteiger partial charge in [-0.1, -0.05) is 5.57 Å². The van der Waals surface area contributed by atoms with Crippen LogP contribution in [0.3, 0.4) is 0 Å². The number of piperazine rings is 1. The number of nitrogens with one attached hydrogen (secondary N) is 1. The summed E-state index contributed by atoms with van der Waals surface area (Å²) >= 11 is 0. The number of carbonyl (C=O) groups excluding carboxylic acids is 1. The molecule has 27 heavy (non-hydrogen) atoms. The summed E-state index contributed by atoms with van der Waals surface area (Å²) in [5.41, 5.74) is 8.15. The predicted molar refractivity (Wildman–Crippen MR) is 103 cm³/mol. The number of hydrogen-bond acceptors (Lipinski definition) is 4. The molecule has 2 amide bonds. The molecule has 0 bridgehead atoms. The van der Waals surface area contributed by atoms with Crippen LogP contribution in [-0.2, 0) is 4.79 Å². The molecule has 2 saturated heterocycles. The van der Waals surface area contributed by atoms with Crippen LogP contribution >= 0.6 is 0 Å². The molecule has 2 heterocycles. The molecule has 1 aromatic carbocycles. The lowest BCUT2D eigenvalue weighted by molar-refractivity contribution is -0.131. The molecule has 0 radical (unpaired) electrons. The van der Waals surface area contributed by atoms with Gasteiger partial charge in [-0.2, -0.15) is 0 Å². The minimum absolute atomic E-state index is 0.0379. The molecule has 0 aromatic heterocycles. The molecule has 2 aliphatic rings. The fourth-order valence-electron chi connectivity index (χ4n) is 3.51. The van der Waals surface area contributed by atoms with Crippen molar-refractivity contribution in [1.29, 1.82) is 5.41 Å². The van der Waals surface area contributed by atoms with E-state index in [4.69, 9.17) is 16.2 Å². The Hall–Kier alpha value is -3.03. The molecule has 0 aliphatic carbocycles. The van der Waals surface area contributed by atoms with E-state index in [0.29, 0.717) is 44.6 Å². The fourth-order valence-corrected chi connectivity index (χ4v) is 3.51. The van der Waals surface area contributed by atoms with E-state index in [1.807, 2.05) is 34.1 Å². The number of carboxylic acids is 1. The lowest BCUT2D eigenvalue weighted by atomic mass is 10.0. The maximum absolute atomic E-state index is 12.7. The van der Waals surface area contributed by atoms with E-state index in [2.05, 4.69) is 4.90 Å². The van der Waals surface area contributed by atoms with E-state index in [1.165, 1.54) is 6.08 Å². The van der Waals surface area contributed by atoms with Gasteiger partial charge in [0.2, 0.25) is 0 Å². The average Bonchev–Trinajstić information content (AvgIpc) is 2.68. The minimum atomic E-state index is -0.919. The molecule has 1 aromatic rings. The molecular weight excluding hydrogens is 346 g/mol. The molecule has 0 saturated carbocycles. The normalized spacial score (nSPS) is 17.6. The van der Waals surface area contributed by atoms with Gasteiger partial charge in [0.1, 0.15) is 5.84 Å².